The van der Waals surface area contributed by atoms with Crippen molar-refractivity contribution in [3.8, 4) is 11.4 Å². The topological polar surface area (TPSA) is 73.2 Å². The van der Waals surface area contributed by atoms with Gasteiger partial charge in [0.1, 0.15) is 0 Å². The lowest BCUT2D eigenvalue weighted by molar-refractivity contribution is 0.108. The molecule has 0 saturated heterocycles. The van der Waals surface area contributed by atoms with Gasteiger partial charge in [-0.2, -0.15) is 0 Å². The maximum Gasteiger partial charge on any atom is 0.0991 e. The minimum absolute atomic E-state index is 0.131. The van der Waals surface area contributed by atoms with Crippen LogP contribution < -0.4 is 0 Å². The molecule has 0 saturated carbocycles. The minimum atomic E-state index is -0.131. The Morgan fingerprint density at radius 1 is 0.800 bits per heavy atom. The molecular formula is C24H21N5O. The SMILES string of the molecule is C(=N[C@H](COCc1ccc(-c2ccccn2)nc1)c1ccccc1)c1cnccn1. The normalized spacial score (nSPS) is 12.1. The Labute approximate surface area is 175 Å². The summed E-state index contributed by atoms with van der Waals surface area (Å²) in [5.41, 5.74) is 4.50. The van der Waals surface area contributed by atoms with E-state index in [9.17, 15) is 0 Å². The molecule has 0 unspecified atom stereocenters. The summed E-state index contributed by atoms with van der Waals surface area (Å²) in [7, 11) is 0. The van der Waals surface area contributed by atoms with E-state index in [1.165, 1.54) is 0 Å². The summed E-state index contributed by atoms with van der Waals surface area (Å²) >= 11 is 0. The van der Waals surface area contributed by atoms with Gasteiger partial charge >= 0.3 is 0 Å². The molecule has 1 aromatic carbocycles. The zero-order valence-corrected chi connectivity index (χ0v) is 16.4. The summed E-state index contributed by atoms with van der Waals surface area (Å²) < 4.78 is 5.96. The second-order valence-corrected chi connectivity index (χ2v) is 6.62. The third-order valence-electron chi connectivity index (χ3n) is 4.45. The summed E-state index contributed by atoms with van der Waals surface area (Å²) in [4.78, 5) is 21.8. The first-order valence-corrected chi connectivity index (χ1v) is 9.67. The van der Waals surface area contributed by atoms with Crippen LogP contribution in [0, 0.1) is 0 Å². The van der Waals surface area contributed by atoms with Crippen LogP contribution in [0.5, 0.6) is 0 Å². The number of benzene rings is 1. The first-order valence-electron chi connectivity index (χ1n) is 9.67. The van der Waals surface area contributed by atoms with Gasteiger partial charge in [0, 0.05) is 31.0 Å². The number of aliphatic imine (C=N–C) groups is 1. The third-order valence-corrected chi connectivity index (χ3v) is 4.45. The zero-order valence-electron chi connectivity index (χ0n) is 16.4. The lowest BCUT2D eigenvalue weighted by Gasteiger charge is -2.13. The van der Waals surface area contributed by atoms with E-state index in [0.717, 1.165) is 22.5 Å². The smallest absolute Gasteiger partial charge is 0.0991 e. The largest absolute Gasteiger partial charge is 0.374 e. The molecule has 0 spiro atoms. The summed E-state index contributed by atoms with van der Waals surface area (Å²) in [5.74, 6) is 0. The van der Waals surface area contributed by atoms with E-state index in [1.807, 2.05) is 66.9 Å². The predicted molar refractivity (Wildman–Crippen MR) is 116 cm³/mol. The van der Waals surface area contributed by atoms with Crippen molar-refractivity contribution in [2.24, 2.45) is 4.99 Å². The predicted octanol–water partition coefficient (Wildman–Crippen LogP) is 4.31. The minimum Gasteiger partial charge on any atom is -0.374 e. The molecule has 3 aromatic heterocycles. The fraction of sp³-hybridized carbons (Fsp3) is 0.125. The average molecular weight is 395 g/mol. The Bertz CT molecular complexity index is 1060. The van der Waals surface area contributed by atoms with Gasteiger partial charge in [0.05, 0.1) is 42.5 Å². The molecule has 4 rings (SSSR count). The Morgan fingerprint density at radius 2 is 1.67 bits per heavy atom. The summed E-state index contributed by atoms with van der Waals surface area (Å²) in [6, 6.07) is 19.7. The van der Waals surface area contributed by atoms with Gasteiger partial charge in [-0.05, 0) is 29.3 Å². The van der Waals surface area contributed by atoms with Gasteiger partial charge in [-0.1, -0.05) is 42.5 Å². The molecule has 4 aromatic rings. The first kappa shape index (κ1) is 19.5. The van der Waals surface area contributed by atoms with Gasteiger partial charge in [0.25, 0.3) is 0 Å². The van der Waals surface area contributed by atoms with E-state index in [4.69, 9.17) is 4.74 Å². The van der Waals surface area contributed by atoms with Gasteiger partial charge in [-0.25, -0.2) is 0 Å². The number of rotatable bonds is 8. The lowest BCUT2D eigenvalue weighted by Crippen LogP contribution is -2.07. The summed E-state index contributed by atoms with van der Waals surface area (Å²) in [5, 5.41) is 0. The summed E-state index contributed by atoms with van der Waals surface area (Å²) in [6.07, 6.45) is 10.3. The van der Waals surface area contributed by atoms with E-state index in [2.05, 4.69) is 24.9 Å². The average Bonchev–Trinajstić information content (AvgIpc) is 2.83. The molecule has 6 nitrogen and oxygen atoms in total. The quantitative estimate of drug-likeness (QED) is 0.416. The molecule has 1 atom stereocenters. The molecule has 30 heavy (non-hydrogen) atoms. The first-order chi connectivity index (χ1) is 14.9. The van der Waals surface area contributed by atoms with Crippen molar-refractivity contribution >= 4 is 6.21 Å². The second-order valence-electron chi connectivity index (χ2n) is 6.62. The van der Waals surface area contributed by atoms with Crippen LogP contribution in [-0.4, -0.2) is 32.8 Å². The maximum absolute atomic E-state index is 5.96. The van der Waals surface area contributed by atoms with Crippen LogP contribution in [0.2, 0.25) is 0 Å². The molecule has 148 valence electrons. The van der Waals surface area contributed by atoms with Gasteiger partial charge in [0.15, 0.2) is 0 Å². The number of pyridine rings is 2. The molecule has 0 aliphatic heterocycles. The number of hydrogen-bond acceptors (Lipinski definition) is 6. The molecule has 0 aliphatic carbocycles. The Morgan fingerprint density at radius 3 is 2.40 bits per heavy atom. The van der Waals surface area contributed by atoms with Gasteiger partial charge in [-0.3, -0.25) is 24.9 Å². The lowest BCUT2D eigenvalue weighted by atomic mass is 10.1. The van der Waals surface area contributed by atoms with Crippen LogP contribution in [0.15, 0.2) is 96.6 Å². The molecule has 0 fully saturated rings. The zero-order chi connectivity index (χ0) is 20.4. The maximum atomic E-state index is 5.96. The highest BCUT2D eigenvalue weighted by molar-refractivity contribution is 5.76. The van der Waals surface area contributed by atoms with Crippen molar-refractivity contribution in [1.29, 1.82) is 0 Å². The second kappa shape index (κ2) is 10.1. The standard InChI is InChI=1S/C24H21N5O/c1-2-6-20(7-3-1)24(29-16-21-15-25-12-13-26-21)18-30-17-19-9-10-23(28-14-19)22-8-4-5-11-27-22/h1-16,24H,17-18H2/t24-/m1/s1. The van der Waals surface area contributed by atoms with E-state index < -0.39 is 0 Å². The number of nitrogens with zero attached hydrogens (tertiary/aromatic N) is 5. The fourth-order valence-corrected chi connectivity index (χ4v) is 2.91. The van der Waals surface area contributed by atoms with Gasteiger partial charge in [0.2, 0.25) is 0 Å². The van der Waals surface area contributed by atoms with Crippen molar-refractivity contribution in [2.45, 2.75) is 12.6 Å². The monoisotopic (exact) mass is 395 g/mol. The highest BCUT2D eigenvalue weighted by Crippen LogP contribution is 2.19. The van der Waals surface area contributed by atoms with Crippen LogP contribution in [-0.2, 0) is 11.3 Å². The number of ether oxygens (including phenoxy) is 1. The molecule has 0 amide bonds. The van der Waals surface area contributed by atoms with Crippen LogP contribution in [0.4, 0.5) is 0 Å². The highest BCUT2D eigenvalue weighted by atomic mass is 16.5. The number of aromatic nitrogens is 4. The molecule has 0 bridgehead atoms. The van der Waals surface area contributed by atoms with E-state index in [1.54, 1.807) is 31.0 Å². The molecule has 0 radical (unpaired) electrons. The number of hydrogen-bond donors (Lipinski definition) is 0. The molecule has 0 N–H and O–H groups in total. The Balaban J connectivity index is 1.39. The molecule has 0 aliphatic rings. The Hall–Kier alpha value is -3.77. The van der Waals surface area contributed by atoms with Crippen molar-refractivity contribution in [1.82, 2.24) is 19.9 Å². The van der Waals surface area contributed by atoms with E-state index >= 15 is 0 Å². The van der Waals surface area contributed by atoms with Crippen LogP contribution >= 0.6 is 0 Å². The van der Waals surface area contributed by atoms with Gasteiger partial charge in [-0.15, -0.1) is 0 Å². The van der Waals surface area contributed by atoms with Crippen molar-refractivity contribution in [3.63, 3.8) is 0 Å². The van der Waals surface area contributed by atoms with Gasteiger partial charge < -0.3 is 4.74 Å². The van der Waals surface area contributed by atoms with Crippen molar-refractivity contribution in [2.75, 3.05) is 6.61 Å². The third kappa shape index (κ3) is 5.40. The highest BCUT2D eigenvalue weighted by Gasteiger charge is 2.10. The van der Waals surface area contributed by atoms with Crippen molar-refractivity contribution in [3.05, 3.63) is 108 Å². The van der Waals surface area contributed by atoms with E-state index in [-0.39, 0.29) is 6.04 Å². The van der Waals surface area contributed by atoms with Crippen LogP contribution in [0.1, 0.15) is 22.9 Å². The van der Waals surface area contributed by atoms with Crippen LogP contribution in [0.25, 0.3) is 11.4 Å². The Kier molecular flexibility index (Phi) is 6.60. The van der Waals surface area contributed by atoms with Crippen molar-refractivity contribution < 1.29 is 4.74 Å². The summed E-state index contributed by atoms with van der Waals surface area (Å²) in [6.45, 7) is 0.905. The van der Waals surface area contributed by atoms with E-state index in [0.29, 0.717) is 18.9 Å². The molecule has 6 heteroatoms. The molecule has 3 heterocycles. The molecular weight excluding hydrogens is 374 g/mol. The van der Waals surface area contributed by atoms with Crippen LogP contribution in [0.3, 0.4) is 0 Å². The fourth-order valence-electron chi connectivity index (χ4n) is 2.91.